The summed E-state index contributed by atoms with van der Waals surface area (Å²) < 4.78 is 5.23. The standard InChI is InChI=1S/C25H30N2O4/c1-4-23(29)27(21-13-9-6-10-14-21)25(24(30)31-3)15-16-26(17-19(25)2)18-22(28)20-11-7-5-8-12-20/h5-14,19H,4,15-18H2,1-3H3/t19-,25-/m1/s1. The van der Waals surface area contributed by atoms with Crippen molar-refractivity contribution in [2.45, 2.75) is 32.2 Å². The fraction of sp³-hybridized carbons (Fsp3) is 0.400. The molecule has 1 heterocycles. The van der Waals surface area contributed by atoms with Crippen molar-refractivity contribution >= 4 is 23.3 Å². The molecular formula is C25H30N2O4. The van der Waals surface area contributed by atoms with E-state index in [0.29, 0.717) is 30.8 Å². The van der Waals surface area contributed by atoms with E-state index in [1.807, 2.05) is 67.6 Å². The predicted octanol–water partition coefficient (Wildman–Crippen LogP) is 3.57. The van der Waals surface area contributed by atoms with Crippen molar-refractivity contribution < 1.29 is 19.1 Å². The molecule has 1 saturated heterocycles. The van der Waals surface area contributed by atoms with Crippen LogP contribution in [0.25, 0.3) is 0 Å². The van der Waals surface area contributed by atoms with Crippen LogP contribution in [-0.4, -0.2) is 54.8 Å². The van der Waals surface area contributed by atoms with Gasteiger partial charge in [0.1, 0.15) is 5.54 Å². The van der Waals surface area contributed by atoms with E-state index in [0.717, 1.165) is 0 Å². The van der Waals surface area contributed by atoms with Crippen LogP contribution in [0, 0.1) is 5.92 Å². The highest BCUT2D eigenvalue weighted by Gasteiger charge is 2.54. The van der Waals surface area contributed by atoms with Crippen molar-refractivity contribution in [2.75, 3.05) is 31.6 Å². The van der Waals surface area contributed by atoms with Gasteiger partial charge in [-0.25, -0.2) is 4.79 Å². The summed E-state index contributed by atoms with van der Waals surface area (Å²) in [6.45, 7) is 5.04. The Bertz CT molecular complexity index is 916. The van der Waals surface area contributed by atoms with E-state index < -0.39 is 11.5 Å². The predicted molar refractivity (Wildman–Crippen MR) is 120 cm³/mol. The number of hydrogen-bond acceptors (Lipinski definition) is 5. The smallest absolute Gasteiger partial charge is 0.332 e. The van der Waals surface area contributed by atoms with Crippen molar-refractivity contribution in [3.63, 3.8) is 0 Å². The number of piperidine rings is 1. The van der Waals surface area contributed by atoms with Crippen LogP contribution in [-0.2, 0) is 14.3 Å². The quantitative estimate of drug-likeness (QED) is 0.504. The van der Waals surface area contributed by atoms with Crippen LogP contribution in [0.15, 0.2) is 60.7 Å². The molecule has 0 aromatic heterocycles. The number of methoxy groups -OCH3 is 1. The van der Waals surface area contributed by atoms with Crippen LogP contribution < -0.4 is 4.90 Å². The molecule has 2 aromatic rings. The maximum atomic E-state index is 13.2. The number of carbonyl (C=O) groups is 3. The molecule has 6 nitrogen and oxygen atoms in total. The normalized spacial score (nSPS) is 21.3. The first-order valence-electron chi connectivity index (χ1n) is 10.7. The Hall–Kier alpha value is -2.99. The summed E-state index contributed by atoms with van der Waals surface area (Å²) in [5, 5.41) is 0. The van der Waals surface area contributed by atoms with Gasteiger partial charge in [0.15, 0.2) is 5.78 Å². The molecule has 31 heavy (non-hydrogen) atoms. The summed E-state index contributed by atoms with van der Waals surface area (Å²) in [6.07, 6.45) is 0.667. The Morgan fingerprint density at radius 2 is 1.68 bits per heavy atom. The Labute approximate surface area is 183 Å². The maximum Gasteiger partial charge on any atom is 0.332 e. The van der Waals surface area contributed by atoms with Crippen molar-refractivity contribution in [2.24, 2.45) is 5.92 Å². The van der Waals surface area contributed by atoms with Gasteiger partial charge in [-0.05, 0) is 18.6 Å². The number of carbonyl (C=O) groups excluding carboxylic acids is 3. The summed E-state index contributed by atoms with van der Waals surface area (Å²) in [5.74, 6) is -0.729. The van der Waals surface area contributed by atoms with Crippen LogP contribution in [0.1, 0.15) is 37.0 Å². The van der Waals surface area contributed by atoms with Crippen LogP contribution in [0.4, 0.5) is 5.69 Å². The Morgan fingerprint density at radius 1 is 1.06 bits per heavy atom. The second kappa shape index (κ2) is 9.88. The van der Waals surface area contributed by atoms with Gasteiger partial charge in [0.05, 0.1) is 13.7 Å². The molecule has 0 N–H and O–H groups in total. The number of benzene rings is 2. The zero-order valence-corrected chi connectivity index (χ0v) is 18.4. The Kier molecular flexibility index (Phi) is 7.23. The minimum Gasteiger partial charge on any atom is -0.467 e. The third kappa shape index (κ3) is 4.54. The second-order valence-electron chi connectivity index (χ2n) is 8.01. The van der Waals surface area contributed by atoms with Crippen molar-refractivity contribution in [1.82, 2.24) is 4.90 Å². The molecule has 1 fully saturated rings. The highest BCUT2D eigenvalue weighted by molar-refractivity contribution is 6.02. The fourth-order valence-electron chi connectivity index (χ4n) is 4.50. The van der Waals surface area contributed by atoms with E-state index in [4.69, 9.17) is 4.74 Å². The number of amides is 1. The number of rotatable bonds is 7. The minimum absolute atomic E-state index is 0.0444. The molecule has 3 rings (SSSR count). The summed E-state index contributed by atoms with van der Waals surface area (Å²) in [7, 11) is 1.36. The number of likely N-dealkylation sites (tertiary alicyclic amines) is 1. The summed E-state index contributed by atoms with van der Waals surface area (Å²) >= 11 is 0. The number of nitrogens with zero attached hydrogens (tertiary/aromatic N) is 2. The molecule has 0 aliphatic carbocycles. The van der Waals surface area contributed by atoms with Gasteiger partial charge in [-0.2, -0.15) is 0 Å². The van der Waals surface area contributed by atoms with Gasteiger partial charge in [0.25, 0.3) is 0 Å². The molecule has 0 spiro atoms. The average molecular weight is 423 g/mol. The molecule has 1 aliphatic heterocycles. The topological polar surface area (TPSA) is 66.9 Å². The molecule has 0 bridgehead atoms. The van der Waals surface area contributed by atoms with Gasteiger partial charge in [-0.15, -0.1) is 0 Å². The Morgan fingerprint density at radius 3 is 2.23 bits per heavy atom. The summed E-state index contributed by atoms with van der Waals surface area (Å²) in [6, 6.07) is 18.5. The van der Waals surface area contributed by atoms with Crippen LogP contribution >= 0.6 is 0 Å². The number of ether oxygens (including phenoxy) is 1. The third-order valence-corrected chi connectivity index (χ3v) is 6.12. The zero-order valence-electron chi connectivity index (χ0n) is 18.4. The molecule has 1 aliphatic rings. The van der Waals surface area contributed by atoms with Gasteiger partial charge in [-0.1, -0.05) is 62.4 Å². The number of Topliss-reactive ketones (excluding diaryl/α,β-unsaturated/α-hetero) is 1. The number of hydrogen-bond donors (Lipinski definition) is 0. The lowest BCUT2D eigenvalue weighted by Crippen LogP contribution is -2.67. The minimum atomic E-state index is -1.12. The van der Waals surface area contributed by atoms with Gasteiger partial charge in [0, 0.05) is 36.7 Å². The first kappa shape index (κ1) is 22.7. The maximum absolute atomic E-state index is 13.2. The van der Waals surface area contributed by atoms with Crippen LogP contribution in [0.3, 0.4) is 0 Å². The van der Waals surface area contributed by atoms with E-state index in [1.165, 1.54) is 7.11 Å². The molecule has 1 amide bonds. The lowest BCUT2D eigenvalue weighted by atomic mass is 9.76. The van der Waals surface area contributed by atoms with E-state index in [1.54, 1.807) is 11.8 Å². The monoisotopic (exact) mass is 422 g/mol. The van der Waals surface area contributed by atoms with Crippen LogP contribution in [0.2, 0.25) is 0 Å². The van der Waals surface area contributed by atoms with Crippen molar-refractivity contribution in [3.05, 3.63) is 66.2 Å². The number of anilines is 1. The van der Waals surface area contributed by atoms with Gasteiger partial charge < -0.3 is 4.74 Å². The molecule has 2 atom stereocenters. The largest absolute Gasteiger partial charge is 0.467 e. The number of esters is 1. The average Bonchev–Trinajstić information content (AvgIpc) is 2.81. The summed E-state index contributed by atoms with van der Waals surface area (Å²) in [4.78, 5) is 42.6. The third-order valence-electron chi connectivity index (χ3n) is 6.12. The molecule has 0 unspecified atom stereocenters. The molecule has 2 aromatic carbocycles. The zero-order chi connectivity index (χ0) is 22.4. The van der Waals surface area contributed by atoms with E-state index in [2.05, 4.69) is 4.90 Å². The molecule has 0 radical (unpaired) electrons. The highest BCUT2D eigenvalue weighted by Crippen LogP contribution is 2.39. The van der Waals surface area contributed by atoms with Crippen LogP contribution in [0.5, 0.6) is 0 Å². The lowest BCUT2D eigenvalue weighted by Gasteiger charge is -2.50. The number of para-hydroxylation sites is 1. The van der Waals surface area contributed by atoms with Crippen molar-refractivity contribution in [3.8, 4) is 0 Å². The van der Waals surface area contributed by atoms with Gasteiger partial charge in [-0.3, -0.25) is 19.4 Å². The van der Waals surface area contributed by atoms with Gasteiger partial charge >= 0.3 is 5.97 Å². The van der Waals surface area contributed by atoms with Crippen molar-refractivity contribution in [1.29, 1.82) is 0 Å². The molecule has 164 valence electrons. The lowest BCUT2D eigenvalue weighted by molar-refractivity contribution is -0.153. The Balaban J connectivity index is 1.89. The fourth-order valence-corrected chi connectivity index (χ4v) is 4.50. The first-order valence-corrected chi connectivity index (χ1v) is 10.7. The summed E-state index contributed by atoms with van der Waals surface area (Å²) in [5.41, 5.74) is 0.239. The number of ketones is 1. The van der Waals surface area contributed by atoms with E-state index >= 15 is 0 Å². The van der Waals surface area contributed by atoms with Gasteiger partial charge in [0.2, 0.25) is 5.91 Å². The van der Waals surface area contributed by atoms with E-state index in [9.17, 15) is 14.4 Å². The first-order chi connectivity index (χ1) is 14.9. The molecule has 6 heteroatoms. The van der Waals surface area contributed by atoms with E-state index in [-0.39, 0.29) is 30.6 Å². The highest BCUT2D eigenvalue weighted by atomic mass is 16.5. The molecule has 0 saturated carbocycles. The molecular weight excluding hydrogens is 392 g/mol. The second-order valence-corrected chi connectivity index (χ2v) is 8.01. The SMILES string of the molecule is CCC(=O)N(c1ccccc1)[C@]1(C(=O)OC)CCN(CC(=O)c2ccccc2)C[C@H]1C.